The lowest BCUT2D eigenvalue weighted by atomic mass is 9.93. The van der Waals surface area contributed by atoms with Crippen molar-refractivity contribution in [3.63, 3.8) is 0 Å². The molecule has 0 aromatic heterocycles. The highest BCUT2D eigenvalue weighted by Crippen LogP contribution is 2.39. The maximum atomic E-state index is 14.5. The molecule has 1 heterocycles. The molecule has 10 N–H and O–H groups in total. The van der Waals surface area contributed by atoms with E-state index >= 15 is 0 Å². The van der Waals surface area contributed by atoms with Crippen LogP contribution in [0.4, 0.5) is 0 Å². The van der Waals surface area contributed by atoms with Gasteiger partial charge in [-0.15, -0.1) is 0 Å². The SMILES string of the molecule is COC(=O)/C=C/[C@H](N)NC(=O)[C@@H]1Cc2ccc(O)c(c2)-c2cc(ccc2O)[C@H](N(C)C(=O)[C@H](CCCCN)NC(=O)c2ccc(-c3ccc(Cl)cc3)cc2)C(=O)N[C@@H](C)C(=O)N1. The minimum Gasteiger partial charge on any atom is -0.507 e. The van der Waals surface area contributed by atoms with E-state index in [9.17, 15) is 39.0 Å². The Morgan fingerprint density at radius 3 is 2.16 bits per heavy atom. The van der Waals surface area contributed by atoms with Crippen molar-refractivity contribution in [3.05, 3.63) is 119 Å². The first-order valence-electron chi connectivity index (χ1n) is 19.8. The summed E-state index contributed by atoms with van der Waals surface area (Å²) >= 11 is 6.04. The fraction of sp³-hybridized carbons (Fsp3) is 0.289. The number of benzene rings is 4. The zero-order valence-electron chi connectivity index (χ0n) is 34.4. The van der Waals surface area contributed by atoms with Crippen LogP contribution in [0.1, 0.15) is 53.7 Å². The van der Waals surface area contributed by atoms with Gasteiger partial charge in [0.25, 0.3) is 5.91 Å². The molecule has 5 atom stereocenters. The van der Waals surface area contributed by atoms with Gasteiger partial charge >= 0.3 is 5.97 Å². The lowest BCUT2D eigenvalue weighted by Crippen LogP contribution is -2.57. The second-order valence-electron chi connectivity index (χ2n) is 14.8. The van der Waals surface area contributed by atoms with Crippen molar-refractivity contribution in [1.29, 1.82) is 0 Å². The molecule has 326 valence electrons. The summed E-state index contributed by atoms with van der Waals surface area (Å²) in [7, 11) is 2.56. The molecule has 4 aromatic rings. The van der Waals surface area contributed by atoms with Crippen molar-refractivity contribution in [1.82, 2.24) is 26.2 Å². The fourth-order valence-corrected chi connectivity index (χ4v) is 7.03. The summed E-state index contributed by atoms with van der Waals surface area (Å²) in [6.07, 6.45) is 2.13. The molecule has 5 rings (SSSR count). The number of fused-ring (bicyclic) bond motifs is 5. The van der Waals surface area contributed by atoms with E-state index < -0.39 is 65.8 Å². The van der Waals surface area contributed by atoms with Gasteiger partial charge in [-0.2, -0.15) is 0 Å². The number of phenolic OH excluding ortho intramolecular Hbond substituents is 2. The maximum Gasteiger partial charge on any atom is 0.330 e. The Morgan fingerprint density at radius 1 is 0.887 bits per heavy atom. The highest BCUT2D eigenvalue weighted by molar-refractivity contribution is 6.30. The molecular weight excluding hydrogens is 818 g/mol. The number of amides is 5. The first kappa shape index (κ1) is 46.3. The lowest BCUT2D eigenvalue weighted by molar-refractivity contribution is -0.141. The molecule has 16 nitrogen and oxygen atoms in total. The van der Waals surface area contributed by atoms with Crippen LogP contribution in [0.3, 0.4) is 0 Å². The van der Waals surface area contributed by atoms with Crippen molar-refractivity contribution >= 4 is 47.1 Å². The molecule has 0 saturated carbocycles. The quantitative estimate of drug-likeness (QED) is 0.0419. The summed E-state index contributed by atoms with van der Waals surface area (Å²) in [5, 5.41) is 33.4. The normalized spacial score (nSPS) is 17.4. The number of nitrogens with zero attached hydrogens (tertiary/aromatic N) is 1. The summed E-state index contributed by atoms with van der Waals surface area (Å²) in [4.78, 5) is 82.6. The van der Waals surface area contributed by atoms with Gasteiger partial charge in [-0.05, 0) is 110 Å². The van der Waals surface area contributed by atoms with Gasteiger partial charge < -0.3 is 52.6 Å². The predicted molar refractivity (Wildman–Crippen MR) is 232 cm³/mol. The summed E-state index contributed by atoms with van der Waals surface area (Å²) in [6.45, 7) is 1.74. The summed E-state index contributed by atoms with van der Waals surface area (Å²) in [6, 6.07) is 17.5. The minimum absolute atomic E-state index is 0.0976. The third-order valence-electron chi connectivity index (χ3n) is 10.3. The van der Waals surface area contributed by atoms with Crippen LogP contribution in [0.5, 0.6) is 11.5 Å². The lowest BCUT2D eigenvalue weighted by Gasteiger charge is -2.32. The molecule has 0 fully saturated rings. The largest absolute Gasteiger partial charge is 0.507 e. The molecule has 4 bridgehead atoms. The Morgan fingerprint density at radius 2 is 1.52 bits per heavy atom. The molecule has 0 saturated heterocycles. The zero-order valence-corrected chi connectivity index (χ0v) is 35.1. The smallest absolute Gasteiger partial charge is 0.330 e. The molecule has 4 aromatic carbocycles. The van der Waals surface area contributed by atoms with Crippen molar-refractivity contribution in [2.45, 2.75) is 62.9 Å². The predicted octanol–water partition coefficient (Wildman–Crippen LogP) is 3.19. The Kier molecular flexibility index (Phi) is 15.8. The highest BCUT2D eigenvalue weighted by Gasteiger charge is 2.36. The second kappa shape index (κ2) is 21.2. The van der Waals surface area contributed by atoms with Crippen molar-refractivity contribution < 1.29 is 43.7 Å². The van der Waals surface area contributed by atoms with Crippen LogP contribution in [-0.4, -0.2) is 95.6 Å². The standard InChI is InChI=1S/C45H50ClN7O9/c1-25-41(57)51-35(43(59)52-38(48)19-20-39(56)62-3)23-26-7-17-36(54)32(22-26)33-24-30(14-18-37(33)55)40(44(60)49-25)53(2)45(61)34(6-4-5-21-47)50-42(58)29-10-8-27(9-11-29)28-12-15-31(46)16-13-28/h7-20,22,24-25,34-35,38,40,54-55H,4-6,21,23,47-48H2,1-3H3,(H,49,60)(H,50,58)(H,51,57)(H,52,59)/b20-19+/t25-,34-,35-,38+,40-/m0/s1. The van der Waals surface area contributed by atoms with Gasteiger partial charge in [0.2, 0.25) is 23.6 Å². The second-order valence-corrected chi connectivity index (χ2v) is 15.2. The molecule has 0 unspecified atom stereocenters. The number of nitrogens with one attached hydrogen (secondary N) is 4. The summed E-state index contributed by atoms with van der Waals surface area (Å²) in [5.74, 6) is -4.71. The number of methoxy groups -OCH3 is 1. The fourth-order valence-electron chi connectivity index (χ4n) is 6.90. The Balaban J connectivity index is 1.48. The average Bonchev–Trinajstić information content (AvgIpc) is 3.25. The third kappa shape index (κ3) is 11.7. The van der Waals surface area contributed by atoms with Crippen LogP contribution in [-0.2, 0) is 35.1 Å². The van der Waals surface area contributed by atoms with Crippen LogP contribution < -0.4 is 32.7 Å². The van der Waals surface area contributed by atoms with Crippen LogP contribution >= 0.6 is 11.6 Å². The van der Waals surface area contributed by atoms with E-state index in [1.165, 1.54) is 63.6 Å². The molecule has 5 amide bonds. The van der Waals surface area contributed by atoms with Gasteiger partial charge in [0.05, 0.1) is 13.3 Å². The zero-order chi connectivity index (χ0) is 45.1. The first-order valence-corrected chi connectivity index (χ1v) is 20.2. The minimum atomic E-state index is -1.45. The topological polar surface area (TPSA) is 256 Å². The molecule has 0 radical (unpaired) electrons. The monoisotopic (exact) mass is 867 g/mol. The van der Waals surface area contributed by atoms with Gasteiger partial charge in [-0.1, -0.05) is 48.0 Å². The number of aromatic hydroxyl groups is 2. The Labute approximate surface area is 363 Å². The molecule has 1 aliphatic heterocycles. The number of hydrogen-bond acceptors (Lipinski definition) is 11. The molecule has 0 aliphatic carbocycles. The molecular formula is C45H50ClN7O9. The van der Waals surface area contributed by atoms with E-state index in [1.54, 1.807) is 36.4 Å². The number of hydrogen-bond donors (Lipinski definition) is 8. The Hall–Kier alpha value is -6.75. The number of carbonyl (C=O) groups is 6. The summed E-state index contributed by atoms with van der Waals surface area (Å²) < 4.78 is 4.56. The average molecular weight is 868 g/mol. The third-order valence-corrected chi connectivity index (χ3v) is 10.6. The van der Waals surface area contributed by atoms with Gasteiger partial charge in [-0.25, -0.2) is 4.79 Å². The number of nitrogens with two attached hydrogens (primary N) is 2. The van der Waals surface area contributed by atoms with Crippen LogP contribution in [0.25, 0.3) is 22.3 Å². The summed E-state index contributed by atoms with van der Waals surface area (Å²) in [5.41, 5.74) is 14.7. The van der Waals surface area contributed by atoms with Crippen molar-refractivity contribution in [2.75, 3.05) is 20.7 Å². The Bertz CT molecular complexity index is 2320. The van der Waals surface area contributed by atoms with Crippen LogP contribution in [0.2, 0.25) is 5.02 Å². The van der Waals surface area contributed by atoms with Gasteiger partial charge in [0.1, 0.15) is 35.7 Å². The maximum absolute atomic E-state index is 14.5. The molecule has 0 spiro atoms. The van der Waals surface area contributed by atoms with Gasteiger partial charge in [0, 0.05) is 41.3 Å². The van der Waals surface area contributed by atoms with Gasteiger partial charge in [0.15, 0.2) is 0 Å². The van der Waals surface area contributed by atoms with E-state index in [0.29, 0.717) is 30.0 Å². The number of carbonyl (C=O) groups excluding carboxylic acids is 6. The molecule has 17 heteroatoms. The van der Waals surface area contributed by atoms with Crippen molar-refractivity contribution in [3.8, 4) is 33.8 Å². The van der Waals surface area contributed by atoms with Crippen LogP contribution in [0.15, 0.2) is 97.1 Å². The van der Waals surface area contributed by atoms with E-state index in [4.69, 9.17) is 23.1 Å². The molecule has 1 aliphatic rings. The van der Waals surface area contributed by atoms with Crippen molar-refractivity contribution in [2.24, 2.45) is 11.5 Å². The van der Waals surface area contributed by atoms with E-state index in [0.717, 1.165) is 22.1 Å². The number of esters is 1. The number of likely N-dealkylation sites (N-methyl/N-ethyl adjacent to an activating group) is 1. The number of rotatable bonds is 13. The van der Waals surface area contributed by atoms with E-state index in [1.807, 2.05) is 12.1 Å². The first-order chi connectivity index (χ1) is 29.6. The van der Waals surface area contributed by atoms with Gasteiger partial charge in [-0.3, -0.25) is 24.0 Å². The van der Waals surface area contributed by atoms with Crippen LogP contribution in [0, 0.1) is 0 Å². The number of unbranched alkanes of at least 4 members (excludes halogenated alkanes) is 1. The van der Waals surface area contributed by atoms with E-state index in [2.05, 4.69) is 26.0 Å². The number of phenols is 2. The van der Waals surface area contributed by atoms with E-state index in [-0.39, 0.29) is 46.6 Å². The number of ether oxygens (including phenoxy) is 1. The highest BCUT2D eigenvalue weighted by atomic mass is 35.5. The molecule has 62 heavy (non-hydrogen) atoms. The number of halogens is 1.